The zero-order chi connectivity index (χ0) is 29.8. The van der Waals surface area contributed by atoms with Gasteiger partial charge in [0, 0.05) is 23.2 Å². The number of alkyl halides is 1. The molecule has 8 atom stereocenters. The standard InChI is InChI=1S/C33H39ClO7/c1-5-9-28(38)41-33(27(37)19-40-29(39)21-10-7-6-8-11-21)20(2)16-25-24-13-12-22-17-23(35)14-15-30(22,3)32(24,34)26(36)18-31(25,33)4/h6-8,10-11,14-15,17,20,24-26,36H,5,9,12-13,16,18-19H2,1-4H3/t20?,24-,25-,26?,30-,31-,32-,33-/m0/s1. The number of ketones is 2. The third kappa shape index (κ3) is 4.25. The van der Waals surface area contributed by atoms with Gasteiger partial charge in [0.05, 0.1) is 16.5 Å². The Morgan fingerprint density at radius 2 is 1.83 bits per heavy atom. The van der Waals surface area contributed by atoms with Crippen LogP contribution in [0, 0.1) is 28.6 Å². The van der Waals surface area contributed by atoms with E-state index in [9.17, 15) is 24.3 Å². The van der Waals surface area contributed by atoms with Crippen molar-refractivity contribution in [2.24, 2.45) is 28.6 Å². The highest BCUT2D eigenvalue weighted by atomic mass is 35.5. The van der Waals surface area contributed by atoms with Crippen LogP contribution in [0.5, 0.6) is 0 Å². The van der Waals surface area contributed by atoms with Gasteiger partial charge in [0.25, 0.3) is 0 Å². The first-order chi connectivity index (χ1) is 19.3. The van der Waals surface area contributed by atoms with Crippen molar-refractivity contribution in [2.45, 2.75) is 82.8 Å². The first-order valence-electron chi connectivity index (χ1n) is 14.6. The average molecular weight is 583 g/mol. The summed E-state index contributed by atoms with van der Waals surface area (Å²) in [6, 6.07) is 8.42. The fourth-order valence-corrected chi connectivity index (χ4v) is 9.25. The molecule has 3 fully saturated rings. The average Bonchev–Trinajstić information content (AvgIpc) is 3.15. The smallest absolute Gasteiger partial charge is 0.338 e. The number of carbonyl (C=O) groups is 4. The van der Waals surface area contributed by atoms with Gasteiger partial charge in [-0.2, -0.15) is 0 Å². The number of fused-ring (bicyclic) bond motifs is 5. The van der Waals surface area contributed by atoms with Crippen LogP contribution in [0.2, 0.25) is 0 Å². The van der Waals surface area contributed by atoms with Gasteiger partial charge < -0.3 is 14.6 Å². The number of ether oxygens (including phenoxy) is 2. The molecule has 0 saturated heterocycles. The van der Waals surface area contributed by atoms with E-state index in [0.29, 0.717) is 31.2 Å². The lowest BCUT2D eigenvalue weighted by atomic mass is 9.45. The Hall–Kier alpha value is -2.77. The summed E-state index contributed by atoms with van der Waals surface area (Å²) in [5, 5.41) is 11.9. The normalized spacial score (nSPS) is 39.2. The molecular weight excluding hydrogens is 544 g/mol. The highest BCUT2D eigenvalue weighted by Crippen LogP contribution is 2.72. The predicted molar refractivity (Wildman–Crippen MR) is 153 cm³/mol. The van der Waals surface area contributed by atoms with Crippen molar-refractivity contribution < 1.29 is 33.8 Å². The van der Waals surface area contributed by atoms with Crippen LogP contribution in [-0.2, 0) is 23.9 Å². The summed E-state index contributed by atoms with van der Waals surface area (Å²) in [5.41, 5.74) is -2.07. The zero-order valence-electron chi connectivity index (χ0n) is 24.2. The summed E-state index contributed by atoms with van der Waals surface area (Å²) < 4.78 is 11.7. The minimum absolute atomic E-state index is 0.0849. The summed E-state index contributed by atoms with van der Waals surface area (Å²) >= 11 is 7.55. The number of Topliss-reactive ketones (excluding diaryl/α,β-unsaturated/α-hetero) is 1. The summed E-state index contributed by atoms with van der Waals surface area (Å²) in [5.74, 6) is -2.47. The highest BCUT2D eigenvalue weighted by molar-refractivity contribution is 6.26. The van der Waals surface area contributed by atoms with Crippen LogP contribution in [0.4, 0.5) is 0 Å². The van der Waals surface area contributed by atoms with Crippen molar-refractivity contribution in [3.8, 4) is 0 Å². The van der Waals surface area contributed by atoms with Gasteiger partial charge in [0.1, 0.15) is 0 Å². The van der Waals surface area contributed by atoms with E-state index in [1.54, 1.807) is 36.4 Å². The van der Waals surface area contributed by atoms with Gasteiger partial charge in [0.15, 0.2) is 18.0 Å². The molecule has 0 bridgehead atoms. The van der Waals surface area contributed by atoms with Crippen molar-refractivity contribution in [2.75, 3.05) is 6.61 Å². The molecule has 1 N–H and O–H groups in total. The lowest BCUT2D eigenvalue weighted by molar-refractivity contribution is -0.203. The lowest BCUT2D eigenvalue weighted by Gasteiger charge is -2.64. The van der Waals surface area contributed by atoms with Gasteiger partial charge in [-0.3, -0.25) is 14.4 Å². The molecule has 220 valence electrons. The van der Waals surface area contributed by atoms with Crippen molar-refractivity contribution >= 4 is 35.1 Å². The number of aliphatic hydroxyl groups is 1. The Morgan fingerprint density at radius 1 is 1.12 bits per heavy atom. The first-order valence-corrected chi connectivity index (χ1v) is 15.0. The van der Waals surface area contributed by atoms with Crippen LogP contribution in [0.3, 0.4) is 0 Å². The van der Waals surface area contributed by atoms with E-state index in [1.807, 2.05) is 33.8 Å². The molecule has 8 heteroatoms. The van der Waals surface area contributed by atoms with Crippen LogP contribution in [-0.4, -0.2) is 51.8 Å². The molecule has 41 heavy (non-hydrogen) atoms. The molecule has 4 aliphatic carbocycles. The monoisotopic (exact) mass is 582 g/mol. The summed E-state index contributed by atoms with van der Waals surface area (Å²) in [7, 11) is 0. The van der Waals surface area contributed by atoms with Gasteiger partial charge in [-0.25, -0.2) is 4.79 Å². The molecule has 0 amide bonds. The Balaban J connectivity index is 1.53. The number of esters is 2. The molecule has 0 spiro atoms. The number of hydrogen-bond donors (Lipinski definition) is 1. The van der Waals surface area contributed by atoms with E-state index in [4.69, 9.17) is 21.1 Å². The quantitative estimate of drug-likeness (QED) is 0.340. The third-order valence-corrected chi connectivity index (χ3v) is 11.6. The molecule has 1 aromatic rings. The molecule has 7 nitrogen and oxygen atoms in total. The topological polar surface area (TPSA) is 107 Å². The number of hydrogen-bond acceptors (Lipinski definition) is 7. The van der Waals surface area contributed by atoms with Crippen molar-refractivity contribution in [3.63, 3.8) is 0 Å². The second-order valence-electron chi connectivity index (χ2n) is 12.7. The zero-order valence-corrected chi connectivity index (χ0v) is 24.9. The van der Waals surface area contributed by atoms with Crippen LogP contribution < -0.4 is 0 Å². The predicted octanol–water partition coefficient (Wildman–Crippen LogP) is 5.38. The van der Waals surface area contributed by atoms with Gasteiger partial charge in [0.2, 0.25) is 5.78 Å². The Bertz CT molecular complexity index is 1320. The fraction of sp³-hybridized carbons (Fsp3) is 0.576. The molecule has 4 aliphatic rings. The van der Waals surface area contributed by atoms with E-state index >= 15 is 0 Å². The van der Waals surface area contributed by atoms with Crippen LogP contribution >= 0.6 is 11.6 Å². The van der Waals surface area contributed by atoms with E-state index < -0.39 is 57.7 Å². The SMILES string of the molecule is CCCC(=O)O[C@]1(C(=O)COC(=O)c2ccccc2)C(C)C[C@H]2[C@@H]3CCC4=CC(=O)C=C[C@]4(C)[C@@]3(Cl)C(O)C[C@@]21C. The highest BCUT2D eigenvalue weighted by Gasteiger charge is 2.76. The molecule has 0 aliphatic heterocycles. The van der Waals surface area contributed by atoms with Gasteiger partial charge in [-0.15, -0.1) is 11.6 Å². The Labute approximate surface area is 246 Å². The molecule has 5 rings (SSSR count). The summed E-state index contributed by atoms with van der Waals surface area (Å²) in [4.78, 5) is 51.2. The van der Waals surface area contributed by atoms with Crippen molar-refractivity contribution in [3.05, 3.63) is 59.7 Å². The largest absolute Gasteiger partial charge is 0.454 e. The van der Waals surface area contributed by atoms with E-state index in [-0.39, 0.29) is 30.5 Å². The molecule has 3 saturated carbocycles. The Kier molecular flexibility index (Phi) is 7.61. The number of rotatable bonds is 7. The maximum atomic E-state index is 14.3. The molecule has 2 unspecified atom stereocenters. The van der Waals surface area contributed by atoms with Gasteiger partial charge in [-0.1, -0.05) is 57.5 Å². The van der Waals surface area contributed by atoms with Gasteiger partial charge >= 0.3 is 11.9 Å². The third-order valence-electron chi connectivity index (χ3n) is 10.7. The number of allylic oxidation sites excluding steroid dienone is 4. The molecule has 0 aromatic heterocycles. The van der Waals surface area contributed by atoms with Crippen LogP contribution in [0.25, 0.3) is 0 Å². The fourth-order valence-electron chi connectivity index (χ4n) is 8.73. The van der Waals surface area contributed by atoms with Crippen molar-refractivity contribution in [1.82, 2.24) is 0 Å². The number of aliphatic hydroxyl groups excluding tert-OH is 1. The lowest BCUT2D eigenvalue weighted by Crippen LogP contribution is -2.69. The summed E-state index contributed by atoms with van der Waals surface area (Å²) in [6.45, 7) is 7.11. The summed E-state index contributed by atoms with van der Waals surface area (Å²) in [6.07, 6.45) is 6.57. The minimum Gasteiger partial charge on any atom is -0.454 e. The van der Waals surface area contributed by atoms with Crippen LogP contribution in [0.15, 0.2) is 54.1 Å². The maximum absolute atomic E-state index is 14.3. The number of benzene rings is 1. The van der Waals surface area contributed by atoms with E-state index in [1.165, 1.54) is 6.08 Å². The molecule has 0 radical (unpaired) electrons. The van der Waals surface area contributed by atoms with Gasteiger partial charge in [-0.05, 0) is 68.2 Å². The Morgan fingerprint density at radius 3 is 2.51 bits per heavy atom. The molecular formula is C33H39ClO7. The second-order valence-corrected chi connectivity index (χ2v) is 13.4. The number of halogens is 1. The minimum atomic E-state index is -1.60. The first kappa shape index (κ1) is 29.7. The maximum Gasteiger partial charge on any atom is 0.338 e. The molecule has 1 aromatic carbocycles. The second kappa shape index (κ2) is 10.5. The number of carbonyl (C=O) groups excluding carboxylic acids is 4. The van der Waals surface area contributed by atoms with E-state index in [0.717, 1.165) is 5.57 Å². The van der Waals surface area contributed by atoms with Crippen LogP contribution in [0.1, 0.15) is 76.6 Å². The molecule has 0 heterocycles. The van der Waals surface area contributed by atoms with E-state index in [2.05, 4.69) is 0 Å². The van der Waals surface area contributed by atoms with Crippen molar-refractivity contribution in [1.29, 1.82) is 0 Å².